The largest absolute Gasteiger partial charge is 0.381 e. The first-order valence-corrected chi connectivity index (χ1v) is 7.93. The molecule has 108 valence electrons. The number of hydrogen-bond donors (Lipinski definition) is 1. The number of nitrogens with zero attached hydrogens (tertiary/aromatic N) is 1. The van der Waals surface area contributed by atoms with Crippen LogP contribution in [-0.2, 0) is 6.54 Å². The molecule has 0 aliphatic carbocycles. The second-order valence-corrected chi connectivity index (χ2v) is 6.46. The van der Waals surface area contributed by atoms with Gasteiger partial charge in [0.1, 0.15) is 0 Å². The van der Waals surface area contributed by atoms with Crippen LogP contribution < -0.4 is 5.32 Å². The summed E-state index contributed by atoms with van der Waals surface area (Å²) in [6.07, 6.45) is 1.24. The van der Waals surface area contributed by atoms with Gasteiger partial charge in [0, 0.05) is 37.3 Å². The van der Waals surface area contributed by atoms with E-state index < -0.39 is 0 Å². The lowest BCUT2D eigenvalue weighted by Crippen LogP contribution is -2.41. The fraction of sp³-hybridized carbons (Fsp3) is 0.368. The van der Waals surface area contributed by atoms with Crippen LogP contribution in [0.4, 0.5) is 5.69 Å². The number of benzene rings is 2. The van der Waals surface area contributed by atoms with Crippen LogP contribution in [0, 0.1) is 6.92 Å². The first-order chi connectivity index (χ1) is 10.3. The van der Waals surface area contributed by atoms with Gasteiger partial charge in [-0.15, -0.1) is 0 Å². The van der Waals surface area contributed by atoms with Crippen LogP contribution in [0.1, 0.15) is 29.0 Å². The fourth-order valence-corrected chi connectivity index (χ4v) is 3.81. The van der Waals surface area contributed by atoms with Gasteiger partial charge in [0.05, 0.1) is 0 Å². The molecule has 0 amide bonds. The van der Waals surface area contributed by atoms with Crippen molar-refractivity contribution in [2.45, 2.75) is 31.8 Å². The maximum absolute atomic E-state index is 3.72. The summed E-state index contributed by atoms with van der Waals surface area (Å²) in [5, 5.41) is 3.72. The molecule has 2 heterocycles. The number of rotatable bonds is 2. The maximum Gasteiger partial charge on any atom is 0.0379 e. The van der Waals surface area contributed by atoms with Crippen molar-refractivity contribution in [3.63, 3.8) is 0 Å². The molecule has 4 rings (SSSR count). The molecule has 0 aromatic heterocycles. The predicted octanol–water partition coefficient (Wildman–Crippen LogP) is 3.78. The molecule has 2 atom stereocenters. The molecule has 21 heavy (non-hydrogen) atoms. The van der Waals surface area contributed by atoms with Gasteiger partial charge >= 0.3 is 0 Å². The van der Waals surface area contributed by atoms with Gasteiger partial charge in [-0.2, -0.15) is 0 Å². The van der Waals surface area contributed by atoms with Crippen molar-refractivity contribution in [1.82, 2.24) is 4.90 Å². The Bertz CT molecular complexity index is 635. The molecule has 1 saturated heterocycles. The number of likely N-dealkylation sites (tertiary alicyclic amines) is 1. The number of piperidine rings is 1. The number of aryl methyl sites for hydroxylation is 1. The average Bonchev–Trinajstić information content (AvgIpc) is 2.86. The summed E-state index contributed by atoms with van der Waals surface area (Å²) in [5.41, 5.74) is 5.68. The van der Waals surface area contributed by atoms with Gasteiger partial charge in [-0.05, 0) is 30.5 Å². The molecule has 2 heteroatoms. The fourth-order valence-electron chi connectivity index (χ4n) is 3.81. The first-order valence-electron chi connectivity index (χ1n) is 7.93. The predicted molar refractivity (Wildman–Crippen MR) is 87.7 cm³/mol. The van der Waals surface area contributed by atoms with Gasteiger partial charge in [0.15, 0.2) is 0 Å². The number of hydrogen-bond acceptors (Lipinski definition) is 2. The molecule has 2 aliphatic heterocycles. The van der Waals surface area contributed by atoms with Crippen molar-refractivity contribution >= 4 is 5.69 Å². The topological polar surface area (TPSA) is 15.3 Å². The number of fused-ring (bicyclic) bond motifs is 3. The summed E-state index contributed by atoms with van der Waals surface area (Å²) >= 11 is 0. The molecule has 2 aromatic rings. The summed E-state index contributed by atoms with van der Waals surface area (Å²) in [4.78, 5) is 2.61. The third-order valence-corrected chi connectivity index (χ3v) is 4.89. The van der Waals surface area contributed by atoms with Crippen molar-refractivity contribution in [3.8, 4) is 0 Å². The second-order valence-electron chi connectivity index (χ2n) is 6.46. The van der Waals surface area contributed by atoms with Crippen LogP contribution >= 0.6 is 0 Å². The molecule has 1 fully saturated rings. The van der Waals surface area contributed by atoms with E-state index in [1.165, 1.54) is 41.9 Å². The quantitative estimate of drug-likeness (QED) is 0.899. The SMILES string of the molecule is Cc1ccc2c(c1)[C@H]1CN(Cc3ccccc3)CC[C@H]1N2. The molecule has 0 bridgehead atoms. The lowest BCUT2D eigenvalue weighted by atomic mass is 9.88. The van der Waals surface area contributed by atoms with Gasteiger partial charge < -0.3 is 5.32 Å². The second kappa shape index (κ2) is 5.19. The number of anilines is 1. The van der Waals surface area contributed by atoms with Crippen LogP contribution in [0.5, 0.6) is 0 Å². The Morgan fingerprint density at radius 1 is 1.14 bits per heavy atom. The minimum absolute atomic E-state index is 0.633. The molecule has 2 aromatic carbocycles. The Balaban J connectivity index is 1.53. The Labute approximate surface area is 126 Å². The van der Waals surface area contributed by atoms with Crippen molar-refractivity contribution in [3.05, 3.63) is 65.2 Å². The molecule has 2 nitrogen and oxygen atoms in total. The van der Waals surface area contributed by atoms with E-state index in [1.54, 1.807) is 0 Å². The van der Waals surface area contributed by atoms with Crippen molar-refractivity contribution in [2.75, 3.05) is 18.4 Å². The zero-order valence-corrected chi connectivity index (χ0v) is 12.5. The van der Waals surface area contributed by atoms with E-state index >= 15 is 0 Å². The highest BCUT2D eigenvalue weighted by Crippen LogP contribution is 2.40. The maximum atomic E-state index is 3.72. The van der Waals surface area contributed by atoms with Crippen LogP contribution in [0.2, 0.25) is 0 Å². The third-order valence-electron chi connectivity index (χ3n) is 4.89. The van der Waals surface area contributed by atoms with E-state index in [-0.39, 0.29) is 0 Å². The molecular formula is C19H22N2. The lowest BCUT2D eigenvalue weighted by Gasteiger charge is -2.35. The van der Waals surface area contributed by atoms with Gasteiger partial charge in [-0.25, -0.2) is 0 Å². The van der Waals surface area contributed by atoms with E-state index in [9.17, 15) is 0 Å². The van der Waals surface area contributed by atoms with Crippen LogP contribution in [-0.4, -0.2) is 24.0 Å². The highest BCUT2D eigenvalue weighted by atomic mass is 15.2. The van der Waals surface area contributed by atoms with Crippen LogP contribution in [0.15, 0.2) is 48.5 Å². The van der Waals surface area contributed by atoms with Gasteiger partial charge in [0.25, 0.3) is 0 Å². The Hall–Kier alpha value is -1.80. The van der Waals surface area contributed by atoms with Crippen molar-refractivity contribution in [2.24, 2.45) is 0 Å². The van der Waals surface area contributed by atoms with E-state index in [2.05, 4.69) is 65.7 Å². The van der Waals surface area contributed by atoms with Crippen molar-refractivity contribution < 1.29 is 0 Å². The summed E-state index contributed by atoms with van der Waals surface area (Å²) in [6, 6.07) is 18.3. The zero-order valence-electron chi connectivity index (χ0n) is 12.5. The highest BCUT2D eigenvalue weighted by Gasteiger charge is 2.36. The molecule has 0 radical (unpaired) electrons. The Morgan fingerprint density at radius 2 is 2.00 bits per heavy atom. The minimum atomic E-state index is 0.633. The third kappa shape index (κ3) is 2.44. The van der Waals surface area contributed by atoms with Gasteiger partial charge in [0.2, 0.25) is 0 Å². The smallest absolute Gasteiger partial charge is 0.0379 e. The number of nitrogens with one attached hydrogen (secondary N) is 1. The molecular weight excluding hydrogens is 256 g/mol. The first kappa shape index (κ1) is 12.9. The molecule has 1 N–H and O–H groups in total. The van der Waals surface area contributed by atoms with E-state index in [4.69, 9.17) is 0 Å². The summed E-state index contributed by atoms with van der Waals surface area (Å²) < 4.78 is 0. The van der Waals surface area contributed by atoms with Crippen LogP contribution in [0.3, 0.4) is 0 Å². The zero-order chi connectivity index (χ0) is 14.2. The summed E-state index contributed by atoms with van der Waals surface area (Å²) in [7, 11) is 0. The average molecular weight is 278 g/mol. The monoisotopic (exact) mass is 278 g/mol. The Morgan fingerprint density at radius 3 is 2.86 bits per heavy atom. The van der Waals surface area contributed by atoms with Gasteiger partial charge in [-0.1, -0.05) is 48.0 Å². The van der Waals surface area contributed by atoms with E-state index in [0.29, 0.717) is 12.0 Å². The van der Waals surface area contributed by atoms with Gasteiger partial charge in [-0.3, -0.25) is 4.90 Å². The lowest BCUT2D eigenvalue weighted by molar-refractivity contribution is 0.194. The summed E-state index contributed by atoms with van der Waals surface area (Å²) in [6.45, 7) is 5.63. The molecule has 0 saturated carbocycles. The van der Waals surface area contributed by atoms with Crippen molar-refractivity contribution in [1.29, 1.82) is 0 Å². The van der Waals surface area contributed by atoms with E-state index in [0.717, 1.165) is 6.54 Å². The standard InChI is InChI=1S/C19H22N2/c1-14-7-8-18-16(11-14)17-13-21(10-9-19(17)20-18)12-15-5-3-2-4-6-15/h2-8,11,17,19-20H,9-10,12-13H2,1H3/t17-,19-/m1/s1. The molecule has 0 unspecified atom stereocenters. The summed E-state index contributed by atoms with van der Waals surface area (Å²) in [5.74, 6) is 0.650. The van der Waals surface area contributed by atoms with Crippen LogP contribution in [0.25, 0.3) is 0 Å². The normalized spacial score (nSPS) is 24.2. The minimum Gasteiger partial charge on any atom is -0.381 e. The molecule has 2 aliphatic rings. The Kier molecular flexibility index (Phi) is 3.19. The van der Waals surface area contributed by atoms with E-state index in [1.807, 2.05) is 0 Å². The molecule has 0 spiro atoms. The highest BCUT2D eigenvalue weighted by molar-refractivity contribution is 5.60.